The fraction of sp³-hybridized carbons (Fsp3) is 0.500. The smallest absolute Gasteiger partial charge is 0.239 e. The standard InChI is InChI=1S/C22H27ClN2O2S2/c23-16-7-5-15(6-8-16)21(27)20-17-9-12-28-14-18(17)29-22(20)24-19(26)13-25-10-3-1-2-4-11-25/h5-8,21,27H,1-4,9-14H2,(H,24,26). The molecule has 2 aromatic rings. The normalized spacial score (nSPS) is 18.7. The number of hydrogen-bond donors (Lipinski definition) is 2. The van der Waals surface area contributed by atoms with Crippen LogP contribution in [0.5, 0.6) is 0 Å². The van der Waals surface area contributed by atoms with Gasteiger partial charge < -0.3 is 10.4 Å². The van der Waals surface area contributed by atoms with E-state index in [-0.39, 0.29) is 5.91 Å². The Bertz CT molecular complexity index is 845. The van der Waals surface area contributed by atoms with Crippen LogP contribution in [0, 0.1) is 0 Å². The van der Waals surface area contributed by atoms with Crippen LogP contribution < -0.4 is 5.32 Å². The van der Waals surface area contributed by atoms with E-state index in [1.54, 1.807) is 23.5 Å². The number of benzene rings is 1. The van der Waals surface area contributed by atoms with E-state index in [4.69, 9.17) is 11.6 Å². The van der Waals surface area contributed by atoms with Crippen molar-refractivity contribution in [2.45, 2.75) is 44.0 Å². The molecule has 2 aliphatic rings. The number of likely N-dealkylation sites (tertiary alicyclic amines) is 1. The lowest BCUT2D eigenvalue weighted by Crippen LogP contribution is -2.34. The molecule has 1 aromatic heterocycles. The molecule has 156 valence electrons. The van der Waals surface area contributed by atoms with Crippen LogP contribution in [0.3, 0.4) is 0 Å². The second-order valence-corrected chi connectivity index (χ2v) is 10.4. The van der Waals surface area contributed by atoms with Crippen LogP contribution in [0.2, 0.25) is 5.02 Å². The molecule has 0 radical (unpaired) electrons. The van der Waals surface area contributed by atoms with Gasteiger partial charge in [-0.3, -0.25) is 9.69 Å². The van der Waals surface area contributed by atoms with Crippen molar-refractivity contribution in [3.63, 3.8) is 0 Å². The number of nitrogens with one attached hydrogen (secondary N) is 1. The first-order valence-electron chi connectivity index (χ1n) is 10.3. The van der Waals surface area contributed by atoms with Gasteiger partial charge in [0.15, 0.2) is 0 Å². The van der Waals surface area contributed by atoms with Crippen LogP contribution in [0.1, 0.15) is 53.4 Å². The van der Waals surface area contributed by atoms with E-state index < -0.39 is 6.10 Å². The van der Waals surface area contributed by atoms with Gasteiger partial charge in [0.1, 0.15) is 11.1 Å². The molecule has 2 aliphatic heterocycles. The molecule has 0 bridgehead atoms. The topological polar surface area (TPSA) is 52.6 Å². The van der Waals surface area contributed by atoms with Gasteiger partial charge in [-0.25, -0.2) is 0 Å². The summed E-state index contributed by atoms with van der Waals surface area (Å²) in [6.45, 7) is 2.41. The Hall–Kier alpha value is -1.05. The maximum absolute atomic E-state index is 12.8. The molecule has 2 N–H and O–H groups in total. The molecule has 1 fully saturated rings. The third kappa shape index (κ3) is 5.17. The van der Waals surface area contributed by atoms with E-state index in [2.05, 4.69) is 10.2 Å². The molecular formula is C22H27ClN2O2S2. The van der Waals surface area contributed by atoms with Crippen molar-refractivity contribution in [1.82, 2.24) is 4.90 Å². The number of rotatable bonds is 5. The highest BCUT2D eigenvalue weighted by Crippen LogP contribution is 2.44. The summed E-state index contributed by atoms with van der Waals surface area (Å²) >= 11 is 9.55. The van der Waals surface area contributed by atoms with Gasteiger partial charge in [0, 0.05) is 21.2 Å². The summed E-state index contributed by atoms with van der Waals surface area (Å²) in [4.78, 5) is 16.3. The van der Waals surface area contributed by atoms with E-state index in [9.17, 15) is 9.90 Å². The minimum Gasteiger partial charge on any atom is -0.384 e. The molecule has 0 aliphatic carbocycles. The zero-order valence-corrected chi connectivity index (χ0v) is 18.8. The zero-order chi connectivity index (χ0) is 20.2. The minimum atomic E-state index is -0.760. The van der Waals surface area contributed by atoms with Gasteiger partial charge in [0.05, 0.1) is 6.54 Å². The summed E-state index contributed by atoms with van der Waals surface area (Å²) in [5.41, 5.74) is 2.88. The number of nitrogens with zero attached hydrogens (tertiary/aromatic N) is 1. The molecule has 0 saturated carbocycles. The van der Waals surface area contributed by atoms with Crippen LogP contribution in [0.15, 0.2) is 24.3 Å². The predicted octanol–water partition coefficient (Wildman–Crippen LogP) is 5.09. The molecule has 1 atom stereocenters. The zero-order valence-electron chi connectivity index (χ0n) is 16.5. The lowest BCUT2D eigenvalue weighted by Gasteiger charge is -2.20. The van der Waals surface area contributed by atoms with Crippen LogP contribution in [0.25, 0.3) is 0 Å². The summed E-state index contributed by atoms with van der Waals surface area (Å²) in [6.07, 6.45) is 5.01. The predicted molar refractivity (Wildman–Crippen MR) is 123 cm³/mol. The van der Waals surface area contributed by atoms with Crippen molar-refractivity contribution in [3.05, 3.63) is 50.9 Å². The molecule has 29 heavy (non-hydrogen) atoms. The van der Waals surface area contributed by atoms with E-state index in [1.807, 2.05) is 23.9 Å². The highest BCUT2D eigenvalue weighted by Gasteiger charge is 2.27. The van der Waals surface area contributed by atoms with Crippen LogP contribution in [0.4, 0.5) is 5.00 Å². The van der Waals surface area contributed by atoms with Gasteiger partial charge in [0.25, 0.3) is 0 Å². The third-order valence-corrected chi connectivity index (χ3v) is 8.22. The SMILES string of the molecule is O=C(CN1CCCCCC1)Nc1sc2c(c1C(O)c1ccc(Cl)cc1)CCSC2. The monoisotopic (exact) mass is 450 g/mol. The lowest BCUT2D eigenvalue weighted by atomic mass is 9.97. The number of thiophene rings is 1. The Labute approximate surface area is 185 Å². The number of hydrogen-bond acceptors (Lipinski definition) is 5. The summed E-state index contributed by atoms with van der Waals surface area (Å²) in [7, 11) is 0. The number of anilines is 1. The molecule has 4 rings (SSSR count). The number of aliphatic hydroxyl groups is 1. The summed E-state index contributed by atoms with van der Waals surface area (Å²) < 4.78 is 0. The van der Waals surface area contributed by atoms with Crippen molar-refractivity contribution >= 4 is 45.6 Å². The average molecular weight is 451 g/mol. The summed E-state index contributed by atoms with van der Waals surface area (Å²) in [5, 5.41) is 15.8. The Kier molecular flexibility index (Phi) is 7.19. The minimum absolute atomic E-state index is 0.0164. The van der Waals surface area contributed by atoms with Gasteiger partial charge in [-0.15, -0.1) is 11.3 Å². The first-order chi connectivity index (χ1) is 14.1. The molecule has 1 saturated heterocycles. The highest BCUT2D eigenvalue weighted by atomic mass is 35.5. The number of carbonyl (C=O) groups is 1. The Morgan fingerprint density at radius 1 is 1.17 bits per heavy atom. The van der Waals surface area contributed by atoms with Gasteiger partial charge in [-0.1, -0.05) is 36.6 Å². The van der Waals surface area contributed by atoms with E-state index in [0.717, 1.165) is 47.1 Å². The van der Waals surface area contributed by atoms with Gasteiger partial charge >= 0.3 is 0 Å². The molecule has 4 nitrogen and oxygen atoms in total. The maximum Gasteiger partial charge on any atom is 0.239 e. The van der Waals surface area contributed by atoms with Gasteiger partial charge in [0.2, 0.25) is 5.91 Å². The van der Waals surface area contributed by atoms with Crippen LogP contribution >= 0.6 is 34.7 Å². The largest absolute Gasteiger partial charge is 0.384 e. The first kappa shape index (κ1) is 21.2. The molecule has 1 unspecified atom stereocenters. The van der Waals surface area contributed by atoms with Crippen molar-refractivity contribution in [2.75, 3.05) is 30.7 Å². The molecule has 7 heteroatoms. The summed E-state index contributed by atoms with van der Waals surface area (Å²) in [6, 6.07) is 7.31. The van der Waals surface area contributed by atoms with E-state index in [1.165, 1.54) is 36.1 Å². The first-order valence-corrected chi connectivity index (χ1v) is 12.6. The fourth-order valence-corrected chi connectivity index (χ4v) is 6.67. The number of carbonyl (C=O) groups excluding carboxylic acids is 1. The maximum atomic E-state index is 12.8. The molecule has 1 aromatic carbocycles. The second kappa shape index (κ2) is 9.84. The molecule has 1 amide bonds. The van der Waals surface area contributed by atoms with Crippen molar-refractivity contribution < 1.29 is 9.90 Å². The number of thioether (sulfide) groups is 1. The number of halogens is 1. The average Bonchev–Trinajstić information content (AvgIpc) is 2.87. The second-order valence-electron chi connectivity index (χ2n) is 7.74. The van der Waals surface area contributed by atoms with Crippen LogP contribution in [-0.2, 0) is 17.0 Å². The summed E-state index contributed by atoms with van der Waals surface area (Å²) in [5.74, 6) is 2.01. The Morgan fingerprint density at radius 3 is 2.62 bits per heavy atom. The van der Waals surface area contributed by atoms with Gasteiger partial charge in [-0.05, 0) is 61.4 Å². The number of fused-ring (bicyclic) bond motifs is 1. The van der Waals surface area contributed by atoms with E-state index >= 15 is 0 Å². The highest BCUT2D eigenvalue weighted by molar-refractivity contribution is 7.98. The Morgan fingerprint density at radius 2 is 1.90 bits per heavy atom. The molecular weight excluding hydrogens is 424 g/mol. The molecule has 3 heterocycles. The van der Waals surface area contributed by atoms with Crippen molar-refractivity contribution in [3.8, 4) is 0 Å². The van der Waals surface area contributed by atoms with Crippen molar-refractivity contribution in [2.24, 2.45) is 0 Å². The lowest BCUT2D eigenvalue weighted by molar-refractivity contribution is -0.117. The van der Waals surface area contributed by atoms with Crippen LogP contribution in [-0.4, -0.2) is 41.3 Å². The molecule has 0 spiro atoms. The van der Waals surface area contributed by atoms with Crippen molar-refractivity contribution in [1.29, 1.82) is 0 Å². The number of amides is 1. The number of aliphatic hydroxyl groups excluding tert-OH is 1. The fourth-order valence-electron chi connectivity index (χ4n) is 4.11. The quantitative estimate of drug-likeness (QED) is 0.666. The Balaban J connectivity index is 1.56. The third-order valence-electron chi connectivity index (χ3n) is 5.64. The van der Waals surface area contributed by atoms with E-state index in [0.29, 0.717) is 11.6 Å². The van der Waals surface area contributed by atoms with Gasteiger partial charge in [-0.2, -0.15) is 11.8 Å².